The Hall–Kier alpha value is -1.82. The summed E-state index contributed by atoms with van der Waals surface area (Å²) < 4.78 is 10.7. The van der Waals surface area contributed by atoms with Crippen LogP contribution in [0.2, 0.25) is 0 Å². The van der Waals surface area contributed by atoms with Gasteiger partial charge in [0.25, 0.3) is 5.69 Å². The SMILES string of the molecule is COc1ccc([N+](=O)[O-])c(N2CCCO[C@H](C)C2)c1. The standard InChI is InChI=1S/C13H18N2O4/c1-10-9-14(6-3-7-19-10)13-8-11(18-2)4-5-12(13)15(16)17/h4-5,8,10H,3,6-7,9H2,1-2H3/t10-/m1/s1. The first-order chi connectivity index (χ1) is 9.11. The maximum absolute atomic E-state index is 11.1. The molecule has 1 aromatic rings. The van der Waals surface area contributed by atoms with E-state index in [-0.39, 0.29) is 16.7 Å². The van der Waals surface area contributed by atoms with Crippen LogP contribution in [0.4, 0.5) is 11.4 Å². The van der Waals surface area contributed by atoms with Crippen LogP contribution in [0.1, 0.15) is 13.3 Å². The first-order valence-corrected chi connectivity index (χ1v) is 6.31. The molecule has 1 heterocycles. The van der Waals surface area contributed by atoms with Crippen LogP contribution < -0.4 is 9.64 Å². The van der Waals surface area contributed by atoms with Crippen molar-refractivity contribution < 1.29 is 14.4 Å². The number of benzene rings is 1. The first kappa shape index (κ1) is 13.6. The van der Waals surface area contributed by atoms with Crippen molar-refractivity contribution in [2.45, 2.75) is 19.4 Å². The number of anilines is 1. The summed E-state index contributed by atoms with van der Waals surface area (Å²) in [6, 6.07) is 4.82. The van der Waals surface area contributed by atoms with Crippen molar-refractivity contribution in [2.75, 3.05) is 31.7 Å². The summed E-state index contributed by atoms with van der Waals surface area (Å²) in [5.41, 5.74) is 0.705. The summed E-state index contributed by atoms with van der Waals surface area (Å²) in [7, 11) is 1.55. The number of ether oxygens (including phenoxy) is 2. The second-order valence-electron chi connectivity index (χ2n) is 4.59. The molecule has 1 aliphatic heterocycles. The van der Waals surface area contributed by atoms with Gasteiger partial charge in [-0.2, -0.15) is 0 Å². The number of methoxy groups -OCH3 is 1. The van der Waals surface area contributed by atoms with Gasteiger partial charge in [-0.05, 0) is 19.4 Å². The van der Waals surface area contributed by atoms with Crippen molar-refractivity contribution in [3.63, 3.8) is 0 Å². The molecule has 0 saturated carbocycles. The van der Waals surface area contributed by atoms with E-state index in [0.717, 1.165) is 13.0 Å². The zero-order valence-corrected chi connectivity index (χ0v) is 11.2. The predicted octanol–water partition coefficient (Wildman–Crippen LogP) is 2.22. The Balaban J connectivity index is 2.36. The molecule has 0 spiro atoms. The summed E-state index contributed by atoms with van der Waals surface area (Å²) in [4.78, 5) is 12.8. The molecule has 1 aliphatic rings. The lowest BCUT2D eigenvalue weighted by molar-refractivity contribution is -0.384. The van der Waals surface area contributed by atoms with Gasteiger partial charge < -0.3 is 14.4 Å². The fraction of sp³-hybridized carbons (Fsp3) is 0.538. The number of nitro benzene ring substituents is 1. The molecule has 1 atom stereocenters. The summed E-state index contributed by atoms with van der Waals surface area (Å²) >= 11 is 0. The van der Waals surface area contributed by atoms with Gasteiger partial charge in [-0.15, -0.1) is 0 Å². The van der Waals surface area contributed by atoms with E-state index in [2.05, 4.69) is 0 Å². The van der Waals surface area contributed by atoms with Crippen molar-refractivity contribution in [1.82, 2.24) is 0 Å². The third-order valence-electron chi connectivity index (χ3n) is 3.17. The van der Waals surface area contributed by atoms with Crippen LogP contribution in [0.25, 0.3) is 0 Å². The molecule has 0 aliphatic carbocycles. The number of nitrogens with zero attached hydrogens (tertiary/aromatic N) is 2. The molecule has 0 unspecified atom stereocenters. The summed E-state index contributed by atoms with van der Waals surface area (Å²) in [6.07, 6.45) is 0.923. The largest absolute Gasteiger partial charge is 0.497 e. The molecule has 2 rings (SSSR count). The van der Waals surface area contributed by atoms with E-state index < -0.39 is 0 Å². The number of hydrogen-bond acceptors (Lipinski definition) is 5. The van der Waals surface area contributed by atoms with E-state index in [1.165, 1.54) is 6.07 Å². The van der Waals surface area contributed by atoms with Gasteiger partial charge in [-0.25, -0.2) is 0 Å². The second-order valence-corrected chi connectivity index (χ2v) is 4.59. The van der Waals surface area contributed by atoms with Gasteiger partial charge in [0.15, 0.2) is 0 Å². The Morgan fingerprint density at radius 1 is 1.53 bits per heavy atom. The molecule has 0 amide bonds. The highest BCUT2D eigenvalue weighted by Gasteiger charge is 2.23. The van der Waals surface area contributed by atoms with Crippen LogP contribution in [0.5, 0.6) is 5.75 Å². The van der Waals surface area contributed by atoms with Crippen LogP contribution >= 0.6 is 0 Å². The van der Waals surface area contributed by atoms with E-state index >= 15 is 0 Å². The van der Waals surface area contributed by atoms with Crippen molar-refractivity contribution in [3.05, 3.63) is 28.3 Å². The Bertz CT molecular complexity index is 464. The minimum absolute atomic E-state index is 0.0632. The highest BCUT2D eigenvalue weighted by atomic mass is 16.6. The zero-order valence-electron chi connectivity index (χ0n) is 11.2. The van der Waals surface area contributed by atoms with E-state index in [0.29, 0.717) is 24.6 Å². The highest BCUT2D eigenvalue weighted by Crippen LogP contribution is 2.33. The lowest BCUT2D eigenvalue weighted by Crippen LogP contribution is -2.30. The van der Waals surface area contributed by atoms with Gasteiger partial charge >= 0.3 is 0 Å². The molecular weight excluding hydrogens is 248 g/mol. The van der Waals surface area contributed by atoms with Crippen LogP contribution in [-0.2, 0) is 4.74 Å². The molecule has 0 radical (unpaired) electrons. The number of rotatable bonds is 3. The van der Waals surface area contributed by atoms with Gasteiger partial charge in [-0.1, -0.05) is 0 Å². The molecule has 0 N–H and O–H groups in total. The maximum atomic E-state index is 11.1. The van der Waals surface area contributed by atoms with Crippen LogP contribution in [0.3, 0.4) is 0 Å². The van der Waals surface area contributed by atoms with Gasteiger partial charge in [0.1, 0.15) is 11.4 Å². The van der Waals surface area contributed by atoms with E-state index in [1.54, 1.807) is 19.2 Å². The summed E-state index contributed by atoms with van der Waals surface area (Å²) in [6.45, 7) is 4.06. The highest BCUT2D eigenvalue weighted by molar-refractivity contribution is 5.66. The summed E-state index contributed by atoms with van der Waals surface area (Å²) in [5.74, 6) is 0.624. The normalized spacial score (nSPS) is 19.9. The van der Waals surface area contributed by atoms with Crippen molar-refractivity contribution >= 4 is 11.4 Å². The predicted molar refractivity (Wildman–Crippen MR) is 71.9 cm³/mol. The molecule has 104 valence electrons. The molecule has 1 aromatic carbocycles. The molecule has 6 nitrogen and oxygen atoms in total. The van der Waals surface area contributed by atoms with Crippen molar-refractivity contribution in [3.8, 4) is 5.75 Å². The lowest BCUT2D eigenvalue weighted by atomic mass is 10.2. The zero-order chi connectivity index (χ0) is 13.8. The van der Waals surface area contributed by atoms with Crippen LogP contribution in [0.15, 0.2) is 18.2 Å². The molecule has 1 fully saturated rings. The van der Waals surface area contributed by atoms with Crippen molar-refractivity contribution in [1.29, 1.82) is 0 Å². The Morgan fingerprint density at radius 2 is 2.32 bits per heavy atom. The monoisotopic (exact) mass is 266 g/mol. The van der Waals surface area contributed by atoms with Gasteiger partial charge in [0.2, 0.25) is 0 Å². The molecule has 6 heteroatoms. The smallest absolute Gasteiger partial charge is 0.292 e. The van der Waals surface area contributed by atoms with Crippen LogP contribution in [-0.4, -0.2) is 37.8 Å². The molecule has 19 heavy (non-hydrogen) atoms. The molecular formula is C13H18N2O4. The first-order valence-electron chi connectivity index (χ1n) is 6.31. The fourth-order valence-corrected chi connectivity index (χ4v) is 2.25. The second kappa shape index (κ2) is 5.88. The van der Waals surface area contributed by atoms with Gasteiger partial charge in [-0.3, -0.25) is 10.1 Å². The van der Waals surface area contributed by atoms with E-state index in [9.17, 15) is 10.1 Å². The third-order valence-corrected chi connectivity index (χ3v) is 3.17. The molecule has 1 saturated heterocycles. The van der Waals surface area contributed by atoms with E-state index in [1.807, 2.05) is 11.8 Å². The minimum atomic E-state index is -0.356. The van der Waals surface area contributed by atoms with E-state index in [4.69, 9.17) is 9.47 Å². The topological polar surface area (TPSA) is 64.8 Å². The lowest BCUT2D eigenvalue weighted by Gasteiger charge is -2.24. The van der Waals surface area contributed by atoms with Crippen LogP contribution in [0, 0.1) is 10.1 Å². The average molecular weight is 266 g/mol. The molecule has 0 bridgehead atoms. The Labute approximate surface area is 112 Å². The minimum Gasteiger partial charge on any atom is -0.497 e. The maximum Gasteiger partial charge on any atom is 0.292 e. The fourth-order valence-electron chi connectivity index (χ4n) is 2.25. The van der Waals surface area contributed by atoms with Gasteiger partial charge in [0.05, 0.1) is 18.1 Å². The number of hydrogen-bond donors (Lipinski definition) is 0. The van der Waals surface area contributed by atoms with Gasteiger partial charge in [0, 0.05) is 31.8 Å². The average Bonchev–Trinajstić information content (AvgIpc) is 2.62. The molecule has 0 aromatic heterocycles. The van der Waals surface area contributed by atoms with Crippen molar-refractivity contribution in [2.24, 2.45) is 0 Å². The number of nitro groups is 1. The third kappa shape index (κ3) is 3.14. The quantitative estimate of drug-likeness (QED) is 0.620. The Morgan fingerprint density at radius 3 is 3.00 bits per heavy atom. The Kier molecular flexibility index (Phi) is 4.21. The summed E-state index contributed by atoms with van der Waals surface area (Å²) in [5, 5.41) is 11.1.